The van der Waals surface area contributed by atoms with E-state index in [2.05, 4.69) is 18.9 Å². The van der Waals surface area contributed by atoms with Gasteiger partial charge in [0, 0.05) is 22.7 Å². The van der Waals surface area contributed by atoms with Crippen LogP contribution in [0.25, 0.3) is 0 Å². The maximum absolute atomic E-state index is 10.7. The first-order valence-electron chi connectivity index (χ1n) is 8.51. The van der Waals surface area contributed by atoms with E-state index in [1.807, 2.05) is 35.9 Å². The Balaban J connectivity index is 2.13. The van der Waals surface area contributed by atoms with Crippen LogP contribution in [0.3, 0.4) is 0 Å². The first-order chi connectivity index (χ1) is 11.8. The fourth-order valence-electron chi connectivity index (χ4n) is 2.47. The SMILES string of the molecule is Cc1cc(CCC(=O)O)nn1Cc1cc(Cl)ccc1OCCC(C)C. The third-order valence-corrected chi connectivity index (χ3v) is 4.16. The van der Waals surface area contributed by atoms with Crippen LogP contribution in [-0.4, -0.2) is 27.5 Å². The van der Waals surface area contributed by atoms with Gasteiger partial charge >= 0.3 is 5.97 Å². The number of rotatable bonds is 9. The summed E-state index contributed by atoms with van der Waals surface area (Å²) in [5.41, 5.74) is 2.73. The van der Waals surface area contributed by atoms with Crippen LogP contribution >= 0.6 is 11.6 Å². The van der Waals surface area contributed by atoms with Gasteiger partial charge in [-0.2, -0.15) is 5.10 Å². The Bertz CT molecular complexity index is 725. The number of halogens is 1. The maximum atomic E-state index is 10.7. The molecule has 1 N–H and O–H groups in total. The first-order valence-corrected chi connectivity index (χ1v) is 8.89. The van der Waals surface area contributed by atoms with Crippen molar-refractivity contribution in [3.63, 3.8) is 0 Å². The number of aliphatic carboxylic acids is 1. The molecule has 1 aromatic heterocycles. The Morgan fingerprint density at radius 3 is 2.80 bits per heavy atom. The van der Waals surface area contributed by atoms with E-state index in [4.69, 9.17) is 21.4 Å². The molecule has 0 unspecified atom stereocenters. The van der Waals surface area contributed by atoms with Crippen molar-refractivity contribution < 1.29 is 14.6 Å². The summed E-state index contributed by atoms with van der Waals surface area (Å²) in [6.45, 7) is 7.49. The minimum atomic E-state index is -0.817. The van der Waals surface area contributed by atoms with Crippen molar-refractivity contribution in [2.24, 2.45) is 5.92 Å². The molecule has 0 aliphatic carbocycles. The van der Waals surface area contributed by atoms with Crippen molar-refractivity contribution >= 4 is 17.6 Å². The highest BCUT2D eigenvalue weighted by molar-refractivity contribution is 6.30. The molecule has 5 nitrogen and oxygen atoms in total. The molecular weight excluding hydrogens is 340 g/mol. The van der Waals surface area contributed by atoms with Crippen LogP contribution in [0, 0.1) is 12.8 Å². The number of ether oxygens (including phenoxy) is 1. The lowest BCUT2D eigenvalue weighted by Crippen LogP contribution is -2.08. The van der Waals surface area contributed by atoms with Gasteiger partial charge in [-0.1, -0.05) is 25.4 Å². The molecule has 0 fully saturated rings. The number of carboxylic acid groups (broad SMARTS) is 1. The van der Waals surface area contributed by atoms with E-state index in [-0.39, 0.29) is 6.42 Å². The Morgan fingerprint density at radius 1 is 1.36 bits per heavy atom. The van der Waals surface area contributed by atoms with Crippen molar-refractivity contribution in [3.8, 4) is 5.75 Å². The molecule has 2 rings (SSSR count). The Kier molecular flexibility index (Phi) is 6.88. The molecule has 0 spiro atoms. The highest BCUT2D eigenvalue weighted by Gasteiger charge is 2.11. The molecular formula is C19H25ClN2O3. The zero-order valence-corrected chi connectivity index (χ0v) is 15.7. The molecule has 0 radical (unpaired) electrons. The van der Waals surface area contributed by atoms with Gasteiger partial charge in [0.05, 0.1) is 25.3 Å². The summed E-state index contributed by atoms with van der Waals surface area (Å²) in [7, 11) is 0. The van der Waals surface area contributed by atoms with Gasteiger partial charge in [0.25, 0.3) is 0 Å². The number of aromatic nitrogens is 2. The van der Waals surface area contributed by atoms with E-state index in [9.17, 15) is 4.79 Å². The Morgan fingerprint density at radius 2 is 2.12 bits per heavy atom. The number of hydrogen-bond acceptors (Lipinski definition) is 3. The molecule has 1 aromatic carbocycles. The van der Waals surface area contributed by atoms with Gasteiger partial charge < -0.3 is 9.84 Å². The third-order valence-electron chi connectivity index (χ3n) is 3.92. The molecule has 0 saturated heterocycles. The zero-order chi connectivity index (χ0) is 18.4. The van der Waals surface area contributed by atoms with E-state index < -0.39 is 5.97 Å². The molecule has 0 bridgehead atoms. The van der Waals surface area contributed by atoms with E-state index >= 15 is 0 Å². The molecule has 25 heavy (non-hydrogen) atoms. The normalized spacial score (nSPS) is 11.1. The van der Waals surface area contributed by atoms with E-state index in [1.54, 1.807) is 0 Å². The second-order valence-electron chi connectivity index (χ2n) is 6.61. The summed E-state index contributed by atoms with van der Waals surface area (Å²) in [5.74, 6) is 0.579. The Hall–Kier alpha value is -2.01. The van der Waals surface area contributed by atoms with Crippen molar-refractivity contribution in [2.75, 3.05) is 6.61 Å². The fraction of sp³-hybridized carbons (Fsp3) is 0.474. The molecule has 0 atom stereocenters. The molecule has 6 heteroatoms. The second-order valence-corrected chi connectivity index (χ2v) is 7.05. The lowest BCUT2D eigenvalue weighted by atomic mass is 10.1. The molecule has 2 aromatic rings. The average Bonchev–Trinajstić information content (AvgIpc) is 2.87. The average molecular weight is 365 g/mol. The molecule has 0 amide bonds. The maximum Gasteiger partial charge on any atom is 0.303 e. The smallest absolute Gasteiger partial charge is 0.303 e. The molecule has 0 aliphatic heterocycles. The molecule has 0 saturated carbocycles. The van der Waals surface area contributed by atoms with Gasteiger partial charge in [0.1, 0.15) is 5.75 Å². The number of carboxylic acids is 1. The summed E-state index contributed by atoms with van der Waals surface area (Å²) in [6.07, 6.45) is 1.50. The van der Waals surface area contributed by atoms with Crippen molar-refractivity contribution in [1.82, 2.24) is 9.78 Å². The highest BCUT2D eigenvalue weighted by atomic mass is 35.5. The van der Waals surface area contributed by atoms with Crippen LogP contribution in [-0.2, 0) is 17.8 Å². The number of nitrogens with zero attached hydrogens (tertiary/aromatic N) is 2. The van der Waals surface area contributed by atoms with Gasteiger partial charge in [-0.05, 0) is 43.5 Å². The fourth-order valence-corrected chi connectivity index (χ4v) is 2.67. The van der Waals surface area contributed by atoms with Crippen LogP contribution in [0.15, 0.2) is 24.3 Å². The van der Waals surface area contributed by atoms with Crippen molar-refractivity contribution in [3.05, 3.63) is 46.2 Å². The summed E-state index contributed by atoms with van der Waals surface area (Å²) >= 11 is 6.15. The number of carbonyl (C=O) groups is 1. The van der Waals surface area contributed by atoms with Gasteiger partial charge in [0.15, 0.2) is 0 Å². The molecule has 0 aliphatic rings. The first kappa shape index (κ1) is 19.3. The Labute approximate surface area is 153 Å². The molecule has 1 heterocycles. The minimum absolute atomic E-state index is 0.0805. The van der Waals surface area contributed by atoms with Gasteiger partial charge in [0.2, 0.25) is 0 Å². The standard InChI is InChI=1S/C19H25ClN2O3/c1-13(2)8-9-25-18-6-4-16(20)11-15(18)12-22-14(3)10-17(21-22)5-7-19(23)24/h4,6,10-11,13H,5,7-9,12H2,1-3H3,(H,23,24). The lowest BCUT2D eigenvalue weighted by molar-refractivity contribution is -0.136. The topological polar surface area (TPSA) is 64.3 Å². The lowest BCUT2D eigenvalue weighted by Gasteiger charge is -2.14. The van der Waals surface area contributed by atoms with E-state index in [1.165, 1.54) is 0 Å². The van der Waals surface area contributed by atoms with Crippen LogP contribution in [0.1, 0.15) is 43.6 Å². The van der Waals surface area contributed by atoms with Gasteiger partial charge in [-0.15, -0.1) is 0 Å². The third kappa shape index (κ3) is 6.09. The summed E-state index contributed by atoms with van der Waals surface area (Å²) in [6, 6.07) is 7.53. The van der Waals surface area contributed by atoms with Crippen LogP contribution in [0.2, 0.25) is 5.02 Å². The van der Waals surface area contributed by atoms with E-state index in [0.717, 1.165) is 29.1 Å². The van der Waals surface area contributed by atoms with Crippen molar-refractivity contribution in [1.29, 1.82) is 0 Å². The van der Waals surface area contributed by atoms with Gasteiger partial charge in [-0.3, -0.25) is 9.48 Å². The van der Waals surface area contributed by atoms with Gasteiger partial charge in [-0.25, -0.2) is 0 Å². The number of benzene rings is 1. The largest absolute Gasteiger partial charge is 0.493 e. The predicted octanol–water partition coefficient (Wildman–Crippen LogP) is 4.34. The van der Waals surface area contributed by atoms with Crippen molar-refractivity contribution in [2.45, 2.75) is 46.6 Å². The monoisotopic (exact) mass is 364 g/mol. The van der Waals surface area contributed by atoms with E-state index in [0.29, 0.717) is 30.5 Å². The summed E-state index contributed by atoms with van der Waals surface area (Å²) in [5, 5.41) is 14.0. The summed E-state index contributed by atoms with van der Waals surface area (Å²) in [4.78, 5) is 10.7. The second kappa shape index (κ2) is 8.90. The number of aryl methyl sites for hydroxylation is 2. The van der Waals surface area contributed by atoms with Crippen LogP contribution < -0.4 is 4.74 Å². The van der Waals surface area contributed by atoms with Crippen LogP contribution in [0.4, 0.5) is 0 Å². The summed E-state index contributed by atoms with van der Waals surface area (Å²) < 4.78 is 7.78. The zero-order valence-electron chi connectivity index (χ0n) is 15.0. The molecule has 136 valence electrons. The minimum Gasteiger partial charge on any atom is -0.493 e. The number of hydrogen-bond donors (Lipinski definition) is 1. The predicted molar refractivity (Wildman–Crippen MR) is 98.4 cm³/mol. The quantitative estimate of drug-likeness (QED) is 0.719. The van der Waals surface area contributed by atoms with Crippen LogP contribution in [0.5, 0.6) is 5.75 Å². The highest BCUT2D eigenvalue weighted by Crippen LogP contribution is 2.25.